The Labute approximate surface area is 163 Å². The minimum Gasteiger partial charge on any atom is -0.488 e. The second kappa shape index (κ2) is 7.80. The van der Waals surface area contributed by atoms with Crippen molar-refractivity contribution in [3.8, 4) is 22.7 Å². The highest BCUT2D eigenvalue weighted by molar-refractivity contribution is 5.95. The number of carbonyl (C=O) groups excluding carboxylic acids is 1. The zero-order valence-electron chi connectivity index (χ0n) is 15.2. The summed E-state index contributed by atoms with van der Waals surface area (Å²) < 4.78 is 7.78. The average Bonchev–Trinajstić information content (AvgIpc) is 3.18. The first kappa shape index (κ1) is 17.5. The van der Waals surface area contributed by atoms with Crippen molar-refractivity contribution in [2.75, 3.05) is 0 Å². The number of aromatic nitrogens is 2. The second-order valence-corrected chi connectivity index (χ2v) is 6.30. The van der Waals surface area contributed by atoms with E-state index in [1.807, 2.05) is 77.6 Å². The first-order valence-electron chi connectivity index (χ1n) is 8.93. The molecule has 28 heavy (non-hydrogen) atoms. The Morgan fingerprint density at radius 1 is 0.893 bits per heavy atom. The Kier molecular flexibility index (Phi) is 4.89. The molecule has 4 rings (SSSR count). The number of nitrogens with zero attached hydrogens (tertiary/aromatic N) is 2. The van der Waals surface area contributed by atoms with Gasteiger partial charge in [-0.05, 0) is 24.3 Å². The van der Waals surface area contributed by atoms with Crippen molar-refractivity contribution < 1.29 is 9.53 Å². The van der Waals surface area contributed by atoms with Crippen molar-refractivity contribution >= 4 is 5.91 Å². The molecule has 0 radical (unpaired) electrons. The van der Waals surface area contributed by atoms with Gasteiger partial charge >= 0.3 is 0 Å². The molecule has 1 heterocycles. The lowest BCUT2D eigenvalue weighted by atomic mass is 10.1. The number of benzene rings is 3. The molecule has 138 valence electrons. The van der Waals surface area contributed by atoms with E-state index in [1.54, 1.807) is 18.2 Å². The first-order valence-corrected chi connectivity index (χ1v) is 8.93. The van der Waals surface area contributed by atoms with E-state index in [4.69, 9.17) is 15.6 Å². The van der Waals surface area contributed by atoms with Crippen LogP contribution in [0.15, 0.2) is 91.1 Å². The highest BCUT2D eigenvalue weighted by Crippen LogP contribution is 2.26. The number of para-hydroxylation sites is 2. The van der Waals surface area contributed by atoms with E-state index >= 15 is 0 Å². The molecule has 0 spiro atoms. The maximum Gasteiger partial charge on any atom is 0.252 e. The molecule has 0 aliphatic rings. The fourth-order valence-electron chi connectivity index (χ4n) is 3.02. The lowest BCUT2D eigenvalue weighted by Crippen LogP contribution is -2.12. The van der Waals surface area contributed by atoms with Crippen LogP contribution in [0.4, 0.5) is 0 Å². The number of amides is 1. The van der Waals surface area contributed by atoms with Gasteiger partial charge in [0.15, 0.2) is 0 Å². The maximum absolute atomic E-state index is 11.6. The Bertz CT molecular complexity index is 1090. The van der Waals surface area contributed by atoms with E-state index in [-0.39, 0.29) is 6.61 Å². The van der Waals surface area contributed by atoms with Crippen LogP contribution in [0.5, 0.6) is 5.75 Å². The van der Waals surface area contributed by atoms with Crippen molar-refractivity contribution in [2.24, 2.45) is 5.73 Å². The quantitative estimate of drug-likeness (QED) is 0.553. The van der Waals surface area contributed by atoms with Gasteiger partial charge < -0.3 is 10.5 Å². The molecule has 0 saturated heterocycles. The minimum atomic E-state index is -0.515. The molecule has 0 bridgehead atoms. The fraction of sp³-hybridized carbons (Fsp3) is 0.0435. The summed E-state index contributed by atoms with van der Waals surface area (Å²) in [5.41, 5.74) is 9.52. The lowest BCUT2D eigenvalue weighted by molar-refractivity contribution is 0.0996. The Balaban J connectivity index is 1.70. The highest BCUT2D eigenvalue weighted by Gasteiger charge is 2.14. The SMILES string of the molecule is NC(=O)c1ccccc1OCc1cn(-c2ccccc2)nc1-c1ccccc1. The molecule has 0 saturated carbocycles. The van der Waals surface area contributed by atoms with Crippen LogP contribution in [0.2, 0.25) is 0 Å². The topological polar surface area (TPSA) is 70.1 Å². The number of hydrogen-bond acceptors (Lipinski definition) is 3. The molecule has 1 amide bonds. The molecule has 0 aliphatic carbocycles. The van der Waals surface area contributed by atoms with Crippen LogP contribution in [-0.4, -0.2) is 15.7 Å². The van der Waals surface area contributed by atoms with Gasteiger partial charge in [0, 0.05) is 17.3 Å². The van der Waals surface area contributed by atoms with Gasteiger partial charge in [-0.25, -0.2) is 4.68 Å². The van der Waals surface area contributed by atoms with Gasteiger partial charge in [-0.2, -0.15) is 5.10 Å². The van der Waals surface area contributed by atoms with Gasteiger partial charge in [-0.15, -0.1) is 0 Å². The van der Waals surface area contributed by atoms with Crippen LogP contribution < -0.4 is 10.5 Å². The summed E-state index contributed by atoms with van der Waals surface area (Å²) in [5, 5.41) is 4.77. The van der Waals surface area contributed by atoms with Gasteiger partial charge in [0.05, 0.1) is 16.9 Å². The Morgan fingerprint density at radius 2 is 1.54 bits per heavy atom. The number of hydrogen-bond donors (Lipinski definition) is 1. The van der Waals surface area contributed by atoms with E-state index < -0.39 is 5.91 Å². The standard InChI is InChI=1S/C23H19N3O2/c24-23(27)20-13-7-8-14-21(20)28-16-18-15-26(19-11-5-2-6-12-19)25-22(18)17-9-3-1-4-10-17/h1-15H,16H2,(H2,24,27). The molecule has 5 nitrogen and oxygen atoms in total. The third kappa shape index (κ3) is 3.64. The summed E-state index contributed by atoms with van der Waals surface area (Å²) in [6, 6.07) is 26.8. The van der Waals surface area contributed by atoms with Crippen molar-refractivity contribution in [2.45, 2.75) is 6.61 Å². The number of carbonyl (C=O) groups is 1. The van der Waals surface area contributed by atoms with E-state index in [9.17, 15) is 4.79 Å². The van der Waals surface area contributed by atoms with Gasteiger partial charge in [-0.1, -0.05) is 60.7 Å². The Hall–Kier alpha value is -3.86. The molecule has 3 aromatic carbocycles. The van der Waals surface area contributed by atoms with E-state index in [1.165, 1.54) is 0 Å². The van der Waals surface area contributed by atoms with Crippen LogP contribution in [-0.2, 0) is 6.61 Å². The Morgan fingerprint density at radius 3 is 2.25 bits per heavy atom. The van der Waals surface area contributed by atoms with Crippen molar-refractivity contribution in [1.29, 1.82) is 0 Å². The molecule has 2 N–H and O–H groups in total. The summed E-state index contributed by atoms with van der Waals surface area (Å²) in [4.78, 5) is 11.6. The van der Waals surface area contributed by atoms with Gasteiger partial charge in [0.2, 0.25) is 0 Å². The van der Waals surface area contributed by atoms with Gasteiger partial charge in [0.25, 0.3) is 5.91 Å². The third-order valence-electron chi connectivity index (χ3n) is 4.39. The molecule has 0 atom stereocenters. The highest BCUT2D eigenvalue weighted by atomic mass is 16.5. The molecule has 1 aromatic heterocycles. The number of ether oxygens (including phenoxy) is 1. The number of nitrogens with two attached hydrogens (primary N) is 1. The van der Waals surface area contributed by atoms with Crippen LogP contribution in [0.3, 0.4) is 0 Å². The second-order valence-electron chi connectivity index (χ2n) is 6.30. The van der Waals surface area contributed by atoms with Gasteiger partial charge in [0.1, 0.15) is 12.4 Å². The summed E-state index contributed by atoms with van der Waals surface area (Å²) >= 11 is 0. The van der Waals surface area contributed by atoms with Crippen LogP contribution >= 0.6 is 0 Å². The maximum atomic E-state index is 11.6. The average molecular weight is 369 g/mol. The van der Waals surface area contributed by atoms with E-state index in [0.29, 0.717) is 11.3 Å². The summed E-state index contributed by atoms with van der Waals surface area (Å²) in [7, 11) is 0. The largest absolute Gasteiger partial charge is 0.488 e. The number of rotatable bonds is 6. The van der Waals surface area contributed by atoms with Crippen LogP contribution in [0.1, 0.15) is 15.9 Å². The van der Waals surface area contributed by atoms with Crippen molar-refractivity contribution in [3.63, 3.8) is 0 Å². The smallest absolute Gasteiger partial charge is 0.252 e. The molecule has 4 aromatic rings. The molecular weight excluding hydrogens is 350 g/mol. The monoisotopic (exact) mass is 369 g/mol. The minimum absolute atomic E-state index is 0.265. The van der Waals surface area contributed by atoms with Crippen LogP contribution in [0.25, 0.3) is 16.9 Å². The molecule has 0 fully saturated rings. The predicted octanol–water partition coefficient (Wildman–Crippen LogP) is 4.22. The van der Waals surface area contributed by atoms with Gasteiger partial charge in [-0.3, -0.25) is 4.79 Å². The summed E-state index contributed by atoms with van der Waals surface area (Å²) in [6.45, 7) is 0.265. The number of primary amides is 1. The normalized spacial score (nSPS) is 10.6. The fourth-order valence-corrected chi connectivity index (χ4v) is 3.02. The third-order valence-corrected chi connectivity index (χ3v) is 4.39. The summed E-state index contributed by atoms with van der Waals surface area (Å²) in [5.74, 6) is -0.0552. The lowest BCUT2D eigenvalue weighted by Gasteiger charge is -2.09. The van der Waals surface area contributed by atoms with Crippen molar-refractivity contribution in [3.05, 3.63) is 102 Å². The molecule has 0 unspecified atom stereocenters. The predicted molar refractivity (Wildman–Crippen MR) is 108 cm³/mol. The van der Waals surface area contributed by atoms with Crippen LogP contribution in [0, 0.1) is 0 Å². The van der Waals surface area contributed by atoms with E-state index in [0.717, 1.165) is 22.5 Å². The molecule has 5 heteroatoms. The molecular formula is C23H19N3O2. The zero-order valence-corrected chi connectivity index (χ0v) is 15.2. The van der Waals surface area contributed by atoms with E-state index in [2.05, 4.69) is 0 Å². The molecule has 0 aliphatic heterocycles. The summed E-state index contributed by atoms with van der Waals surface area (Å²) in [6.07, 6.45) is 1.95. The zero-order chi connectivity index (χ0) is 19.3. The van der Waals surface area contributed by atoms with Crippen molar-refractivity contribution in [1.82, 2.24) is 9.78 Å². The first-order chi connectivity index (χ1) is 13.7.